The molecule has 0 unspecified atom stereocenters. The molecule has 0 aliphatic rings. The standard InChI is InChI=1S/C15H14N2O3S/c18-9-2-1-4-11-7-8-12(21-11)10-16-15(20)13-5-3-6-14(19)17-13/h3,5-8,18H,2,9-10H2,(H,16,20)(H,17,19). The molecule has 0 bridgehead atoms. The highest BCUT2D eigenvalue weighted by atomic mass is 32.1. The second-order valence-electron chi connectivity index (χ2n) is 4.15. The van der Waals surface area contributed by atoms with Gasteiger partial charge in [0.1, 0.15) is 5.69 Å². The van der Waals surface area contributed by atoms with Crippen molar-refractivity contribution in [3.8, 4) is 11.8 Å². The minimum atomic E-state index is -0.325. The highest BCUT2D eigenvalue weighted by molar-refractivity contribution is 7.12. The van der Waals surface area contributed by atoms with Crippen molar-refractivity contribution in [2.24, 2.45) is 0 Å². The van der Waals surface area contributed by atoms with Crippen molar-refractivity contribution in [1.82, 2.24) is 10.3 Å². The number of aliphatic hydroxyl groups is 1. The SMILES string of the molecule is O=C(NCc1ccc(C#CCCO)s1)c1cccc(=O)[nH]1. The summed E-state index contributed by atoms with van der Waals surface area (Å²) in [6.45, 7) is 0.429. The summed E-state index contributed by atoms with van der Waals surface area (Å²) in [5, 5.41) is 11.4. The zero-order valence-electron chi connectivity index (χ0n) is 11.2. The number of carbonyl (C=O) groups is 1. The Morgan fingerprint density at radius 2 is 2.19 bits per heavy atom. The summed E-state index contributed by atoms with van der Waals surface area (Å²) in [6, 6.07) is 8.21. The van der Waals surface area contributed by atoms with E-state index in [4.69, 9.17) is 5.11 Å². The first-order chi connectivity index (χ1) is 10.2. The summed E-state index contributed by atoms with van der Waals surface area (Å²) >= 11 is 1.48. The third-order valence-electron chi connectivity index (χ3n) is 2.55. The molecule has 0 spiro atoms. The van der Waals surface area contributed by atoms with Crippen LogP contribution < -0.4 is 10.9 Å². The molecule has 108 valence electrons. The number of thiophene rings is 1. The van der Waals surface area contributed by atoms with Crippen molar-refractivity contribution in [2.75, 3.05) is 6.61 Å². The molecule has 0 aliphatic carbocycles. The molecule has 1 amide bonds. The summed E-state index contributed by atoms with van der Waals surface area (Å²) in [5.41, 5.74) is -0.0674. The zero-order chi connectivity index (χ0) is 15.1. The van der Waals surface area contributed by atoms with E-state index in [9.17, 15) is 9.59 Å². The van der Waals surface area contributed by atoms with Gasteiger partial charge in [-0.05, 0) is 18.2 Å². The molecular formula is C15H14N2O3S. The van der Waals surface area contributed by atoms with Crippen LogP contribution in [0.2, 0.25) is 0 Å². The van der Waals surface area contributed by atoms with Gasteiger partial charge >= 0.3 is 0 Å². The Kier molecular flexibility index (Phi) is 5.32. The molecule has 2 aromatic heterocycles. The number of hydrogen-bond acceptors (Lipinski definition) is 4. The predicted octanol–water partition coefficient (Wildman–Crippen LogP) is 1.10. The number of rotatable bonds is 4. The Labute approximate surface area is 125 Å². The second kappa shape index (κ2) is 7.43. The molecule has 0 aromatic carbocycles. The fraction of sp³-hybridized carbons (Fsp3) is 0.200. The fourth-order valence-electron chi connectivity index (χ4n) is 1.59. The van der Waals surface area contributed by atoms with Gasteiger partial charge in [-0.15, -0.1) is 11.3 Å². The fourth-order valence-corrected chi connectivity index (χ4v) is 2.41. The molecule has 21 heavy (non-hydrogen) atoms. The maximum absolute atomic E-state index is 11.9. The first-order valence-electron chi connectivity index (χ1n) is 6.35. The number of hydrogen-bond donors (Lipinski definition) is 3. The molecule has 0 aliphatic heterocycles. The van der Waals surface area contributed by atoms with E-state index in [0.717, 1.165) is 9.75 Å². The van der Waals surface area contributed by atoms with Gasteiger partial charge in [0.05, 0.1) is 18.0 Å². The third-order valence-corrected chi connectivity index (χ3v) is 3.55. The van der Waals surface area contributed by atoms with Crippen LogP contribution in [0.5, 0.6) is 0 Å². The van der Waals surface area contributed by atoms with Crippen LogP contribution in [0.3, 0.4) is 0 Å². The van der Waals surface area contributed by atoms with E-state index >= 15 is 0 Å². The van der Waals surface area contributed by atoms with Crippen molar-refractivity contribution in [3.63, 3.8) is 0 Å². The van der Waals surface area contributed by atoms with Crippen LogP contribution in [0.4, 0.5) is 0 Å². The van der Waals surface area contributed by atoms with Crippen molar-refractivity contribution in [1.29, 1.82) is 0 Å². The highest BCUT2D eigenvalue weighted by Gasteiger charge is 2.06. The smallest absolute Gasteiger partial charge is 0.268 e. The van der Waals surface area contributed by atoms with Gasteiger partial charge in [0.2, 0.25) is 5.56 Å². The Morgan fingerprint density at radius 1 is 1.33 bits per heavy atom. The largest absolute Gasteiger partial charge is 0.395 e. The minimum absolute atomic E-state index is 0.0522. The Hall–Kier alpha value is -2.36. The molecule has 2 rings (SSSR count). The van der Waals surface area contributed by atoms with Gasteiger partial charge in [0.25, 0.3) is 5.91 Å². The van der Waals surface area contributed by atoms with Crippen LogP contribution in [0.15, 0.2) is 35.1 Å². The van der Waals surface area contributed by atoms with Crippen molar-refractivity contribution in [3.05, 3.63) is 56.1 Å². The van der Waals surface area contributed by atoms with Crippen LogP contribution in [-0.4, -0.2) is 22.6 Å². The predicted molar refractivity (Wildman–Crippen MR) is 81.1 cm³/mol. The Balaban J connectivity index is 1.93. The normalized spacial score (nSPS) is 9.76. The van der Waals surface area contributed by atoms with Gasteiger partial charge in [0, 0.05) is 17.4 Å². The number of nitrogens with one attached hydrogen (secondary N) is 2. The molecule has 5 nitrogen and oxygen atoms in total. The molecule has 6 heteroatoms. The molecule has 2 heterocycles. The lowest BCUT2D eigenvalue weighted by atomic mass is 10.3. The van der Waals surface area contributed by atoms with E-state index in [-0.39, 0.29) is 23.8 Å². The summed E-state index contributed by atoms with van der Waals surface area (Å²) in [6.07, 6.45) is 0.450. The minimum Gasteiger partial charge on any atom is -0.395 e. The first-order valence-corrected chi connectivity index (χ1v) is 7.16. The Bertz CT molecular complexity index is 737. The number of H-pyrrole nitrogens is 1. The van der Waals surface area contributed by atoms with Crippen LogP contribution >= 0.6 is 11.3 Å². The number of aliphatic hydroxyl groups excluding tert-OH is 1. The zero-order valence-corrected chi connectivity index (χ0v) is 12.0. The molecule has 3 N–H and O–H groups in total. The second-order valence-corrected chi connectivity index (χ2v) is 5.32. The average Bonchev–Trinajstić information content (AvgIpc) is 2.93. The van der Waals surface area contributed by atoms with Crippen LogP contribution in [0, 0.1) is 11.8 Å². The van der Waals surface area contributed by atoms with Crippen LogP contribution in [0.25, 0.3) is 0 Å². The van der Waals surface area contributed by atoms with Gasteiger partial charge in [-0.25, -0.2) is 0 Å². The van der Waals surface area contributed by atoms with Crippen LogP contribution in [0.1, 0.15) is 26.7 Å². The van der Waals surface area contributed by atoms with Crippen LogP contribution in [-0.2, 0) is 6.54 Å². The molecular weight excluding hydrogens is 288 g/mol. The van der Waals surface area contributed by atoms with E-state index in [2.05, 4.69) is 22.1 Å². The van der Waals surface area contributed by atoms with Gasteiger partial charge in [-0.3, -0.25) is 9.59 Å². The van der Waals surface area contributed by atoms with E-state index in [0.29, 0.717) is 13.0 Å². The average molecular weight is 302 g/mol. The third kappa shape index (κ3) is 4.60. The van der Waals surface area contributed by atoms with E-state index < -0.39 is 0 Å². The molecule has 0 radical (unpaired) electrons. The monoisotopic (exact) mass is 302 g/mol. The summed E-state index contributed by atoms with van der Waals surface area (Å²) in [7, 11) is 0. The lowest BCUT2D eigenvalue weighted by molar-refractivity contribution is 0.0946. The maximum Gasteiger partial charge on any atom is 0.268 e. The first kappa shape index (κ1) is 15.0. The van der Waals surface area contributed by atoms with Gasteiger partial charge in [-0.1, -0.05) is 17.9 Å². The lowest BCUT2D eigenvalue weighted by Gasteiger charge is -2.02. The topological polar surface area (TPSA) is 82.2 Å². The van der Waals surface area contributed by atoms with E-state index in [1.807, 2.05) is 12.1 Å². The van der Waals surface area contributed by atoms with Gasteiger partial charge in [0.15, 0.2) is 0 Å². The van der Waals surface area contributed by atoms with Gasteiger partial charge in [-0.2, -0.15) is 0 Å². The highest BCUT2D eigenvalue weighted by Crippen LogP contribution is 2.15. The number of aromatic nitrogens is 1. The molecule has 2 aromatic rings. The van der Waals surface area contributed by atoms with Crippen molar-refractivity contribution in [2.45, 2.75) is 13.0 Å². The summed E-state index contributed by atoms with van der Waals surface area (Å²) in [5.74, 6) is 5.46. The maximum atomic E-state index is 11.9. The Morgan fingerprint density at radius 3 is 2.95 bits per heavy atom. The van der Waals surface area contributed by atoms with Crippen molar-refractivity contribution >= 4 is 17.2 Å². The van der Waals surface area contributed by atoms with Crippen molar-refractivity contribution < 1.29 is 9.90 Å². The molecule has 0 saturated heterocycles. The molecule has 0 atom stereocenters. The number of aromatic amines is 1. The molecule has 0 saturated carbocycles. The quantitative estimate of drug-likeness (QED) is 0.740. The number of amides is 1. The summed E-state index contributed by atoms with van der Waals surface area (Å²) < 4.78 is 0. The molecule has 0 fully saturated rings. The van der Waals surface area contributed by atoms with E-state index in [1.165, 1.54) is 23.5 Å². The van der Waals surface area contributed by atoms with E-state index in [1.54, 1.807) is 6.07 Å². The summed E-state index contributed by atoms with van der Waals surface area (Å²) in [4.78, 5) is 27.3. The van der Waals surface area contributed by atoms with Gasteiger partial charge < -0.3 is 15.4 Å². The number of pyridine rings is 1. The number of carbonyl (C=O) groups excluding carboxylic acids is 1. The lowest BCUT2D eigenvalue weighted by Crippen LogP contribution is -2.25.